The van der Waals surface area contributed by atoms with Gasteiger partial charge >= 0.3 is 0 Å². The fraction of sp³-hybridized carbons (Fsp3) is 0.0256. The van der Waals surface area contributed by atoms with E-state index in [1.54, 1.807) is 0 Å². The number of pyridine rings is 2. The van der Waals surface area contributed by atoms with E-state index >= 15 is 0 Å². The van der Waals surface area contributed by atoms with Crippen molar-refractivity contribution in [3.05, 3.63) is 160 Å². The van der Waals surface area contributed by atoms with Gasteiger partial charge in [-0.25, -0.2) is 0 Å². The Balaban J connectivity index is 1.61. The Bertz CT molecular complexity index is 2550. The monoisotopic (exact) mass is 582 g/mol. The number of para-hydroxylation sites is 4. The second-order valence-electron chi connectivity index (χ2n) is 11.7. The summed E-state index contributed by atoms with van der Waals surface area (Å²) in [6.45, 7) is 2.41. The SMILES string of the molecule is C[Si]1(c2ccccc2)c2ccccc2N(c2ccccc2)c2ccc3c(=O)c4cccc5c(=O)c6ccccc6n(c3c21)c54. The van der Waals surface area contributed by atoms with Gasteiger partial charge in [0.25, 0.3) is 0 Å². The summed E-state index contributed by atoms with van der Waals surface area (Å²) in [5.74, 6) is 0. The number of anilines is 3. The van der Waals surface area contributed by atoms with E-state index < -0.39 is 8.07 Å². The Kier molecular flexibility index (Phi) is 5.11. The van der Waals surface area contributed by atoms with Crippen LogP contribution in [0.1, 0.15) is 0 Å². The Labute approximate surface area is 254 Å². The van der Waals surface area contributed by atoms with Crippen molar-refractivity contribution in [2.45, 2.75) is 6.55 Å². The molecule has 3 heterocycles. The van der Waals surface area contributed by atoms with E-state index in [0.717, 1.165) is 28.1 Å². The van der Waals surface area contributed by atoms with Crippen LogP contribution in [0, 0.1) is 0 Å². The largest absolute Gasteiger partial charge is 0.311 e. The van der Waals surface area contributed by atoms with Crippen molar-refractivity contribution >= 4 is 78.8 Å². The van der Waals surface area contributed by atoms with Crippen LogP contribution in [-0.4, -0.2) is 12.5 Å². The molecule has 0 saturated heterocycles. The molecule has 2 aromatic heterocycles. The van der Waals surface area contributed by atoms with Gasteiger partial charge in [0.05, 0.1) is 16.6 Å². The highest BCUT2D eigenvalue weighted by atomic mass is 28.3. The van der Waals surface area contributed by atoms with E-state index in [2.05, 4.69) is 101 Å². The number of nitrogens with zero attached hydrogens (tertiary/aromatic N) is 2. The molecule has 0 bridgehead atoms. The van der Waals surface area contributed by atoms with Crippen LogP contribution in [0.4, 0.5) is 17.1 Å². The lowest BCUT2D eigenvalue weighted by Crippen LogP contribution is -2.68. The summed E-state index contributed by atoms with van der Waals surface area (Å²) in [7, 11) is -2.77. The van der Waals surface area contributed by atoms with Gasteiger partial charge in [-0.1, -0.05) is 91.5 Å². The number of fused-ring (bicyclic) bond motifs is 7. The molecule has 0 saturated carbocycles. The first kappa shape index (κ1) is 25.0. The van der Waals surface area contributed by atoms with E-state index in [1.807, 2.05) is 54.6 Å². The lowest BCUT2D eigenvalue weighted by atomic mass is 10.0. The minimum absolute atomic E-state index is 0.0439. The Morgan fingerprint density at radius 3 is 1.86 bits per heavy atom. The quantitative estimate of drug-likeness (QED) is 0.134. The third-order valence-corrected chi connectivity index (χ3v) is 14.0. The molecule has 8 aromatic rings. The summed E-state index contributed by atoms with van der Waals surface area (Å²) in [6.07, 6.45) is 0. The lowest BCUT2D eigenvalue weighted by Gasteiger charge is -2.43. The van der Waals surface area contributed by atoms with E-state index in [1.165, 1.54) is 15.6 Å². The molecule has 1 atom stereocenters. The summed E-state index contributed by atoms with van der Waals surface area (Å²) < 4.78 is 2.22. The maximum Gasteiger partial charge on any atom is 0.197 e. The Morgan fingerprint density at radius 1 is 0.500 bits per heavy atom. The van der Waals surface area contributed by atoms with Gasteiger partial charge in [-0.2, -0.15) is 0 Å². The first-order valence-electron chi connectivity index (χ1n) is 14.9. The normalized spacial score (nSPS) is 16.1. The standard InChI is InChI=1S/C39H26N2O2Si/c1-44(26-15-6-3-7-16-26)34-22-11-10-21-32(34)40(25-13-4-2-5-14-25)33-24-23-30-36(39(33)44)41-31-20-9-8-17-27(31)37(42)28-18-12-19-29(35(28)41)38(30)43/h2-24H,1H3. The molecule has 5 heteroatoms. The maximum absolute atomic E-state index is 14.5. The van der Waals surface area contributed by atoms with Crippen LogP contribution < -0.4 is 31.3 Å². The second-order valence-corrected chi connectivity index (χ2v) is 15.6. The molecule has 0 fully saturated rings. The first-order valence-corrected chi connectivity index (χ1v) is 17.4. The minimum Gasteiger partial charge on any atom is -0.311 e. The van der Waals surface area contributed by atoms with Gasteiger partial charge < -0.3 is 9.30 Å². The smallest absolute Gasteiger partial charge is 0.197 e. The molecule has 9 rings (SSSR count). The van der Waals surface area contributed by atoms with Gasteiger partial charge in [-0.15, -0.1) is 0 Å². The molecular weight excluding hydrogens is 557 g/mol. The van der Waals surface area contributed by atoms with Gasteiger partial charge in [0.2, 0.25) is 0 Å². The van der Waals surface area contributed by atoms with Crippen molar-refractivity contribution in [1.29, 1.82) is 0 Å². The summed E-state index contributed by atoms with van der Waals surface area (Å²) in [6, 6.07) is 47.4. The molecule has 0 radical (unpaired) electrons. The molecule has 1 unspecified atom stereocenters. The van der Waals surface area contributed by atoms with Crippen LogP contribution in [0.3, 0.4) is 0 Å². The van der Waals surface area contributed by atoms with Crippen LogP contribution in [-0.2, 0) is 0 Å². The van der Waals surface area contributed by atoms with Gasteiger partial charge in [-0.3, -0.25) is 9.59 Å². The molecular formula is C39H26N2O2Si. The van der Waals surface area contributed by atoms with Gasteiger partial charge in [0.15, 0.2) is 18.9 Å². The van der Waals surface area contributed by atoms with Crippen molar-refractivity contribution in [3.63, 3.8) is 0 Å². The second kappa shape index (κ2) is 8.99. The Morgan fingerprint density at radius 2 is 1.09 bits per heavy atom. The highest BCUT2D eigenvalue weighted by molar-refractivity contribution is 7.13. The van der Waals surface area contributed by atoms with Crippen molar-refractivity contribution in [3.8, 4) is 0 Å². The van der Waals surface area contributed by atoms with E-state index in [0.29, 0.717) is 27.1 Å². The van der Waals surface area contributed by atoms with Crippen LogP contribution in [0.15, 0.2) is 149 Å². The van der Waals surface area contributed by atoms with Crippen molar-refractivity contribution < 1.29 is 0 Å². The predicted molar refractivity (Wildman–Crippen MR) is 185 cm³/mol. The fourth-order valence-electron chi connectivity index (χ4n) is 7.61. The zero-order valence-corrected chi connectivity index (χ0v) is 25.0. The van der Waals surface area contributed by atoms with E-state index in [9.17, 15) is 9.59 Å². The maximum atomic E-state index is 14.5. The van der Waals surface area contributed by atoms with Crippen LogP contribution in [0.5, 0.6) is 0 Å². The summed E-state index contributed by atoms with van der Waals surface area (Å²) >= 11 is 0. The summed E-state index contributed by atoms with van der Waals surface area (Å²) in [4.78, 5) is 30.7. The number of benzene rings is 6. The molecule has 1 aliphatic heterocycles. The van der Waals surface area contributed by atoms with Gasteiger partial charge in [0.1, 0.15) is 0 Å². The van der Waals surface area contributed by atoms with Gasteiger partial charge in [-0.05, 0) is 70.2 Å². The average Bonchev–Trinajstić information content (AvgIpc) is 3.08. The van der Waals surface area contributed by atoms with E-state index in [-0.39, 0.29) is 10.9 Å². The number of hydrogen-bond donors (Lipinski definition) is 0. The molecule has 208 valence electrons. The highest BCUT2D eigenvalue weighted by Gasteiger charge is 2.45. The van der Waals surface area contributed by atoms with E-state index in [4.69, 9.17) is 0 Å². The zero-order valence-electron chi connectivity index (χ0n) is 24.0. The molecule has 1 aliphatic rings. The molecule has 4 nitrogen and oxygen atoms in total. The van der Waals surface area contributed by atoms with Crippen molar-refractivity contribution in [2.75, 3.05) is 4.90 Å². The molecule has 0 spiro atoms. The fourth-order valence-corrected chi connectivity index (χ4v) is 11.9. The van der Waals surface area contributed by atoms with Crippen LogP contribution >= 0.6 is 0 Å². The van der Waals surface area contributed by atoms with Crippen molar-refractivity contribution in [2.24, 2.45) is 0 Å². The molecule has 0 aliphatic carbocycles. The van der Waals surface area contributed by atoms with Crippen LogP contribution in [0.25, 0.3) is 38.1 Å². The Hall–Kier alpha value is -5.52. The topological polar surface area (TPSA) is 41.8 Å². The zero-order chi connectivity index (χ0) is 29.6. The third kappa shape index (κ3) is 3.11. The number of aromatic nitrogens is 1. The molecule has 44 heavy (non-hydrogen) atoms. The first-order chi connectivity index (χ1) is 21.6. The lowest BCUT2D eigenvalue weighted by molar-refractivity contribution is 1.27. The predicted octanol–water partition coefficient (Wildman–Crippen LogP) is 6.44. The molecule has 6 aromatic carbocycles. The summed E-state index contributed by atoms with van der Waals surface area (Å²) in [5.41, 5.74) is 5.58. The number of rotatable bonds is 2. The van der Waals surface area contributed by atoms with Gasteiger partial charge in [0, 0.05) is 38.6 Å². The van der Waals surface area contributed by atoms with Crippen LogP contribution in [0.2, 0.25) is 6.55 Å². The minimum atomic E-state index is -2.77. The molecule has 0 amide bonds. The summed E-state index contributed by atoms with van der Waals surface area (Å²) in [5, 5.41) is 6.16. The highest BCUT2D eigenvalue weighted by Crippen LogP contribution is 2.40. The number of hydrogen-bond acceptors (Lipinski definition) is 3. The third-order valence-electron chi connectivity index (χ3n) is 9.55. The average molecular weight is 583 g/mol. The molecule has 0 N–H and O–H groups in total. The van der Waals surface area contributed by atoms with Crippen molar-refractivity contribution in [1.82, 2.24) is 4.40 Å².